The average molecular weight is 171 g/mol. The molecule has 1 N–H and O–H groups in total. The molecule has 1 fully saturated rings. The van der Waals surface area contributed by atoms with Gasteiger partial charge in [-0.05, 0) is 31.7 Å². The SMILES string of the molecule is CCCN(CC(=O)O)CC1CC1. The van der Waals surface area contributed by atoms with Crippen molar-refractivity contribution in [1.82, 2.24) is 4.90 Å². The predicted molar refractivity (Wildman–Crippen MR) is 47.1 cm³/mol. The molecule has 0 atom stereocenters. The summed E-state index contributed by atoms with van der Waals surface area (Å²) in [6, 6.07) is 0. The highest BCUT2D eigenvalue weighted by Gasteiger charge is 2.24. The lowest BCUT2D eigenvalue weighted by atomic mass is 10.3. The van der Waals surface area contributed by atoms with Crippen LogP contribution >= 0.6 is 0 Å². The van der Waals surface area contributed by atoms with Crippen LogP contribution in [-0.2, 0) is 4.79 Å². The van der Waals surface area contributed by atoms with Crippen molar-refractivity contribution in [1.29, 1.82) is 0 Å². The zero-order valence-corrected chi connectivity index (χ0v) is 7.62. The minimum Gasteiger partial charge on any atom is -0.480 e. The van der Waals surface area contributed by atoms with Gasteiger partial charge in [-0.25, -0.2) is 0 Å². The lowest BCUT2D eigenvalue weighted by Crippen LogP contribution is -2.32. The van der Waals surface area contributed by atoms with Crippen LogP contribution in [0.15, 0.2) is 0 Å². The van der Waals surface area contributed by atoms with E-state index in [4.69, 9.17) is 5.11 Å². The van der Waals surface area contributed by atoms with Gasteiger partial charge in [-0.15, -0.1) is 0 Å². The molecule has 3 nitrogen and oxygen atoms in total. The second kappa shape index (κ2) is 4.45. The van der Waals surface area contributed by atoms with E-state index in [1.807, 2.05) is 4.90 Å². The molecule has 0 aliphatic heterocycles. The Labute approximate surface area is 73.4 Å². The van der Waals surface area contributed by atoms with Crippen molar-refractivity contribution >= 4 is 5.97 Å². The predicted octanol–water partition coefficient (Wildman–Crippen LogP) is 1.19. The molecule has 3 heteroatoms. The molecule has 0 aromatic rings. The maximum Gasteiger partial charge on any atom is 0.317 e. The molecule has 0 aromatic heterocycles. The van der Waals surface area contributed by atoms with Crippen molar-refractivity contribution in [2.24, 2.45) is 5.92 Å². The standard InChI is InChI=1S/C9H17NO2/c1-2-5-10(7-9(11)12)6-8-3-4-8/h8H,2-7H2,1H3,(H,11,12). The molecule has 1 aliphatic rings. The Morgan fingerprint density at radius 1 is 1.58 bits per heavy atom. The Kier molecular flexibility index (Phi) is 3.53. The molecule has 1 rings (SSSR count). The quantitative estimate of drug-likeness (QED) is 0.652. The van der Waals surface area contributed by atoms with Gasteiger partial charge in [0.1, 0.15) is 0 Å². The fraction of sp³-hybridized carbons (Fsp3) is 0.889. The van der Waals surface area contributed by atoms with E-state index in [-0.39, 0.29) is 6.54 Å². The molecular formula is C9H17NO2. The highest BCUT2D eigenvalue weighted by Crippen LogP contribution is 2.29. The van der Waals surface area contributed by atoms with Gasteiger partial charge in [0.15, 0.2) is 0 Å². The van der Waals surface area contributed by atoms with Crippen molar-refractivity contribution in [2.75, 3.05) is 19.6 Å². The van der Waals surface area contributed by atoms with E-state index in [0.29, 0.717) is 0 Å². The number of hydrogen-bond acceptors (Lipinski definition) is 2. The molecule has 12 heavy (non-hydrogen) atoms. The number of aliphatic carboxylic acids is 1. The second-order valence-electron chi connectivity index (χ2n) is 3.57. The Morgan fingerprint density at radius 3 is 2.67 bits per heavy atom. The smallest absolute Gasteiger partial charge is 0.317 e. The molecule has 1 aliphatic carbocycles. The number of carbonyl (C=O) groups is 1. The number of hydrogen-bond donors (Lipinski definition) is 1. The fourth-order valence-corrected chi connectivity index (χ4v) is 1.41. The number of carboxylic acids is 1. The van der Waals surface area contributed by atoms with E-state index >= 15 is 0 Å². The van der Waals surface area contributed by atoms with Crippen molar-refractivity contribution < 1.29 is 9.90 Å². The van der Waals surface area contributed by atoms with Crippen molar-refractivity contribution in [3.63, 3.8) is 0 Å². The minimum atomic E-state index is -0.705. The molecule has 0 unspecified atom stereocenters. The van der Waals surface area contributed by atoms with Gasteiger partial charge in [0.25, 0.3) is 0 Å². The summed E-state index contributed by atoms with van der Waals surface area (Å²) in [4.78, 5) is 12.5. The van der Waals surface area contributed by atoms with Gasteiger partial charge in [-0.3, -0.25) is 9.69 Å². The maximum atomic E-state index is 10.4. The normalized spacial score (nSPS) is 16.8. The molecule has 1 saturated carbocycles. The summed E-state index contributed by atoms with van der Waals surface area (Å²) in [6.07, 6.45) is 3.62. The topological polar surface area (TPSA) is 40.5 Å². The Balaban J connectivity index is 2.20. The van der Waals surface area contributed by atoms with Gasteiger partial charge in [-0.1, -0.05) is 6.92 Å². The first-order valence-corrected chi connectivity index (χ1v) is 4.66. The van der Waals surface area contributed by atoms with E-state index in [0.717, 1.165) is 25.4 Å². The lowest BCUT2D eigenvalue weighted by molar-refractivity contribution is -0.138. The zero-order chi connectivity index (χ0) is 8.97. The lowest BCUT2D eigenvalue weighted by Gasteiger charge is -2.18. The average Bonchev–Trinajstić information content (AvgIpc) is 2.70. The van der Waals surface area contributed by atoms with Crippen LogP contribution in [0.2, 0.25) is 0 Å². The summed E-state index contributed by atoms with van der Waals surface area (Å²) in [7, 11) is 0. The molecule has 0 radical (unpaired) electrons. The third-order valence-corrected chi connectivity index (χ3v) is 2.11. The number of carboxylic acid groups (broad SMARTS) is 1. The Hall–Kier alpha value is -0.570. The Bertz CT molecular complexity index is 155. The fourth-order valence-electron chi connectivity index (χ4n) is 1.41. The Morgan fingerprint density at radius 2 is 2.25 bits per heavy atom. The summed E-state index contributed by atoms with van der Waals surface area (Å²) < 4.78 is 0. The molecule has 70 valence electrons. The molecule has 0 amide bonds. The zero-order valence-electron chi connectivity index (χ0n) is 7.62. The van der Waals surface area contributed by atoms with Crippen molar-refractivity contribution in [3.8, 4) is 0 Å². The van der Waals surface area contributed by atoms with Crippen LogP contribution in [0.1, 0.15) is 26.2 Å². The third kappa shape index (κ3) is 3.72. The number of nitrogens with zero attached hydrogens (tertiary/aromatic N) is 1. The van der Waals surface area contributed by atoms with Crippen LogP contribution in [0, 0.1) is 5.92 Å². The summed E-state index contributed by atoms with van der Waals surface area (Å²) in [5.41, 5.74) is 0. The summed E-state index contributed by atoms with van der Waals surface area (Å²) in [5.74, 6) is 0.0833. The molecule has 0 bridgehead atoms. The van der Waals surface area contributed by atoms with Crippen LogP contribution in [0.4, 0.5) is 0 Å². The minimum absolute atomic E-state index is 0.213. The first-order chi connectivity index (χ1) is 5.72. The summed E-state index contributed by atoms with van der Waals surface area (Å²) in [5, 5.41) is 8.60. The van der Waals surface area contributed by atoms with Gasteiger partial charge in [-0.2, -0.15) is 0 Å². The summed E-state index contributed by atoms with van der Waals surface area (Å²) in [6.45, 7) is 4.20. The molecular weight excluding hydrogens is 154 g/mol. The number of rotatable bonds is 6. The van der Waals surface area contributed by atoms with Crippen LogP contribution in [0.3, 0.4) is 0 Å². The monoisotopic (exact) mass is 171 g/mol. The highest BCUT2D eigenvalue weighted by atomic mass is 16.4. The van der Waals surface area contributed by atoms with E-state index in [9.17, 15) is 4.79 Å². The third-order valence-electron chi connectivity index (χ3n) is 2.11. The van der Waals surface area contributed by atoms with Gasteiger partial charge in [0.05, 0.1) is 6.54 Å². The van der Waals surface area contributed by atoms with Crippen molar-refractivity contribution in [3.05, 3.63) is 0 Å². The van der Waals surface area contributed by atoms with Crippen LogP contribution < -0.4 is 0 Å². The van der Waals surface area contributed by atoms with E-state index < -0.39 is 5.97 Å². The molecule has 0 heterocycles. The largest absolute Gasteiger partial charge is 0.480 e. The van der Waals surface area contributed by atoms with E-state index in [1.165, 1.54) is 12.8 Å². The molecule has 0 saturated heterocycles. The van der Waals surface area contributed by atoms with E-state index in [1.54, 1.807) is 0 Å². The first-order valence-electron chi connectivity index (χ1n) is 4.66. The summed E-state index contributed by atoms with van der Waals surface area (Å²) >= 11 is 0. The van der Waals surface area contributed by atoms with Gasteiger partial charge >= 0.3 is 5.97 Å². The van der Waals surface area contributed by atoms with E-state index in [2.05, 4.69) is 6.92 Å². The maximum absolute atomic E-state index is 10.4. The highest BCUT2D eigenvalue weighted by molar-refractivity contribution is 5.69. The first kappa shape index (κ1) is 9.52. The van der Waals surface area contributed by atoms with Crippen molar-refractivity contribution in [2.45, 2.75) is 26.2 Å². The molecule has 0 spiro atoms. The van der Waals surface area contributed by atoms with Crippen LogP contribution in [0.25, 0.3) is 0 Å². The molecule has 0 aromatic carbocycles. The second-order valence-corrected chi connectivity index (χ2v) is 3.57. The van der Waals surface area contributed by atoms with Gasteiger partial charge in [0.2, 0.25) is 0 Å². The van der Waals surface area contributed by atoms with Crippen LogP contribution in [-0.4, -0.2) is 35.6 Å². The van der Waals surface area contributed by atoms with Gasteiger partial charge < -0.3 is 5.11 Å². The van der Waals surface area contributed by atoms with Crippen LogP contribution in [0.5, 0.6) is 0 Å². The van der Waals surface area contributed by atoms with Gasteiger partial charge in [0, 0.05) is 6.54 Å².